The van der Waals surface area contributed by atoms with Crippen LogP contribution in [0.2, 0.25) is 12.6 Å². The second kappa shape index (κ2) is 9.16. The van der Waals surface area contributed by atoms with Gasteiger partial charge in [-0.2, -0.15) is 0 Å². The summed E-state index contributed by atoms with van der Waals surface area (Å²) >= 11 is 2.56. The van der Waals surface area contributed by atoms with Crippen LogP contribution in [0.15, 0.2) is 0 Å². The molecule has 0 amide bonds. The Morgan fingerprint density at radius 2 is 1.57 bits per heavy atom. The Hall–Kier alpha value is 0.907. The van der Waals surface area contributed by atoms with E-state index in [9.17, 15) is 0 Å². The van der Waals surface area contributed by atoms with E-state index in [-0.39, 0.29) is 0 Å². The van der Waals surface area contributed by atoms with E-state index in [1.807, 2.05) is 0 Å². The molecule has 86 valence electrons. The van der Waals surface area contributed by atoms with Crippen LogP contribution in [-0.2, 0) is 4.43 Å². The third-order valence-corrected chi connectivity index (χ3v) is 7.11. The van der Waals surface area contributed by atoms with Gasteiger partial charge in [-0.1, -0.05) is 67.2 Å². The highest BCUT2D eigenvalue weighted by atomic mass is 127. The number of hydrogen-bond donors (Lipinski definition) is 0. The van der Waals surface area contributed by atoms with Gasteiger partial charge in [0.1, 0.15) is 0 Å². The van der Waals surface area contributed by atoms with Crippen molar-refractivity contribution in [1.29, 1.82) is 0 Å². The quantitative estimate of drug-likeness (QED) is 0.253. The maximum atomic E-state index is 5.78. The molecule has 0 aromatic heterocycles. The molecule has 0 aliphatic carbocycles. The second-order valence-corrected chi connectivity index (χ2v) is 13.9. The summed E-state index contributed by atoms with van der Waals surface area (Å²) in [5.41, 5.74) is 0. The van der Waals surface area contributed by atoms with Crippen molar-refractivity contribution in [1.82, 2.24) is 0 Å². The molecular formula is C11H25IOSi. The van der Waals surface area contributed by atoms with Crippen molar-refractivity contribution in [2.45, 2.75) is 65.0 Å². The summed E-state index contributed by atoms with van der Waals surface area (Å²) in [4.78, 5) is 0. The molecule has 0 spiro atoms. The van der Waals surface area contributed by atoms with Crippen LogP contribution in [0.4, 0.5) is 0 Å². The van der Waals surface area contributed by atoms with Gasteiger partial charge >= 0.3 is 0 Å². The molecule has 3 heteroatoms. The lowest BCUT2D eigenvalue weighted by molar-refractivity contribution is 0.341. The van der Waals surface area contributed by atoms with E-state index in [1.54, 1.807) is 0 Å². The maximum absolute atomic E-state index is 5.78. The molecule has 0 aromatic carbocycles. The van der Waals surface area contributed by atoms with Gasteiger partial charge in [-0.25, -0.2) is 0 Å². The molecule has 0 aliphatic heterocycles. The van der Waals surface area contributed by atoms with E-state index in [0.717, 1.165) is 6.61 Å². The van der Waals surface area contributed by atoms with Crippen LogP contribution >= 0.6 is 21.8 Å². The molecular weight excluding hydrogens is 303 g/mol. The van der Waals surface area contributed by atoms with Crippen LogP contribution in [0.3, 0.4) is 0 Å². The minimum atomic E-state index is -1.30. The molecule has 0 aliphatic rings. The van der Waals surface area contributed by atoms with Gasteiger partial charge in [0, 0.05) is 6.61 Å². The molecule has 0 saturated carbocycles. The molecule has 0 N–H and O–H groups in total. The van der Waals surface area contributed by atoms with Gasteiger partial charge in [0.25, 0.3) is 5.81 Å². The van der Waals surface area contributed by atoms with Crippen molar-refractivity contribution < 1.29 is 4.43 Å². The molecule has 0 fully saturated rings. The minimum absolute atomic E-state index is 0.890. The number of rotatable bonds is 9. The number of unbranched alkanes of at least 4 members (excludes halogenated alkanes) is 5. The Balaban J connectivity index is 3.26. The molecule has 0 rings (SSSR count). The molecule has 1 unspecified atom stereocenters. The second-order valence-electron chi connectivity index (χ2n) is 4.05. The van der Waals surface area contributed by atoms with Crippen LogP contribution < -0.4 is 0 Å². The van der Waals surface area contributed by atoms with E-state index < -0.39 is 5.81 Å². The van der Waals surface area contributed by atoms with E-state index in [2.05, 4.69) is 42.2 Å². The Morgan fingerprint density at radius 3 is 2.14 bits per heavy atom. The van der Waals surface area contributed by atoms with Gasteiger partial charge in [0.05, 0.1) is 0 Å². The van der Waals surface area contributed by atoms with Gasteiger partial charge in [-0.15, -0.1) is 0 Å². The van der Waals surface area contributed by atoms with Crippen molar-refractivity contribution in [3.8, 4) is 0 Å². The standard InChI is InChI=1S/C11H25IOSi/c1-4-6-7-8-9-10-11-14(3,12)13-5-2/h4-11H2,1-3H3. The first-order chi connectivity index (χ1) is 6.62. The van der Waals surface area contributed by atoms with Crippen LogP contribution in [0.25, 0.3) is 0 Å². The largest absolute Gasteiger partial charge is 0.408 e. The Kier molecular flexibility index (Phi) is 9.75. The summed E-state index contributed by atoms with van der Waals surface area (Å²) in [7, 11) is 0. The van der Waals surface area contributed by atoms with Gasteiger partial charge in [-0.3, -0.25) is 0 Å². The summed E-state index contributed by atoms with van der Waals surface area (Å²) in [6, 6.07) is 1.33. The first-order valence-electron chi connectivity index (χ1n) is 5.95. The zero-order valence-electron chi connectivity index (χ0n) is 9.94. The third kappa shape index (κ3) is 9.46. The summed E-state index contributed by atoms with van der Waals surface area (Å²) in [6.07, 6.45) is 8.36. The average Bonchev–Trinajstić information content (AvgIpc) is 2.11. The molecule has 0 bridgehead atoms. The first kappa shape index (κ1) is 14.9. The molecule has 0 heterocycles. The van der Waals surface area contributed by atoms with Crippen LogP contribution in [0.1, 0.15) is 52.4 Å². The van der Waals surface area contributed by atoms with Gasteiger partial charge in [0.15, 0.2) is 0 Å². The lowest BCUT2D eigenvalue weighted by atomic mass is 10.1. The van der Waals surface area contributed by atoms with Crippen molar-refractivity contribution in [2.75, 3.05) is 6.61 Å². The highest BCUT2D eigenvalue weighted by Crippen LogP contribution is 2.23. The van der Waals surface area contributed by atoms with Crippen LogP contribution in [0.5, 0.6) is 0 Å². The van der Waals surface area contributed by atoms with E-state index >= 15 is 0 Å². The topological polar surface area (TPSA) is 9.23 Å². The predicted molar refractivity (Wildman–Crippen MR) is 75.4 cm³/mol. The van der Waals surface area contributed by atoms with E-state index in [1.165, 1.54) is 44.6 Å². The first-order valence-corrected chi connectivity index (χ1v) is 11.7. The van der Waals surface area contributed by atoms with Crippen LogP contribution in [-0.4, -0.2) is 12.4 Å². The Labute approximate surface area is 103 Å². The van der Waals surface area contributed by atoms with Gasteiger partial charge in [0.2, 0.25) is 0 Å². The summed E-state index contributed by atoms with van der Waals surface area (Å²) < 4.78 is 5.78. The fraction of sp³-hybridized carbons (Fsp3) is 1.00. The van der Waals surface area contributed by atoms with Crippen molar-refractivity contribution in [2.24, 2.45) is 0 Å². The van der Waals surface area contributed by atoms with Crippen molar-refractivity contribution >= 4 is 27.6 Å². The Morgan fingerprint density at radius 1 is 1.00 bits per heavy atom. The molecule has 0 aromatic rings. The highest BCUT2D eigenvalue weighted by molar-refractivity contribution is 14.1. The van der Waals surface area contributed by atoms with E-state index in [4.69, 9.17) is 4.43 Å². The normalized spacial score (nSPS) is 15.4. The molecule has 1 atom stereocenters. The Bertz CT molecular complexity index is 128. The maximum Gasteiger partial charge on any atom is 0.255 e. The SMILES string of the molecule is CCCCCCCC[Si](C)(I)OCC. The minimum Gasteiger partial charge on any atom is -0.408 e. The zero-order valence-corrected chi connectivity index (χ0v) is 13.1. The zero-order chi connectivity index (χ0) is 10.9. The predicted octanol–water partition coefficient (Wildman–Crippen LogP) is 4.89. The van der Waals surface area contributed by atoms with Crippen molar-refractivity contribution in [3.05, 3.63) is 0 Å². The third-order valence-electron chi connectivity index (χ3n) is 2.42. The number of halogens is 1. The van der Waals surface area contributed by atoms with Crippen LogP contribution in [0, 0.1) is 0 Å². The molecule has 14 heavy (non-hydrogen) atoms. The smallest absolute Gasteiger partial charge is 0.255 e. The van der Waals surface area contributed by atoms with Gasteiger partial charge in [-0.05, 0) is 19.5 Å². The van der Waals surface area contributed by atoms with Gasteiger partial charge < -0.3 is 4.43 Å². The fourth-order valence-corrected chi connectivity index (χ4v) is 5.30. The summed E-state index contributed by atoms with van der Waals surface area (Å²) in [5.74, 6) is -1.30. The lowest BCUT2D eigenvalue weighted by Gasteiger charge is -2.19. The number of hydrogen-bond acceptors (Lipinski definition) is 1. The summed E-state index contributed by atoms with van der Waals surface area (Å²) in [5, 5.41) is 0. The molecule has 1 nitrogen and oxygen atoms in total. The highest BCUT2D eigenvalue weighted by Gasteiger charge is 2.23. The fourth-order valence-electron chi connectivity index (χ4n) is 1.59. The lowest BCUT2D eigenvalue weighted by Crippen LogP contribution is -2.25. The van der Waals surface area contributed by atoms with Crippen molar-refractivity contribution in [3.63, 3.8) is 0 Å². The monoisotopic (exact) mass is 328 g/mol. The van der Waals surface area contributed by atoms with E-state index in [0.29, 0.717) is 0 Å². The summed E-state index contributed by atoms with van der Waals surface area (Å²) in [6.45, 7) is 7.58. The molecule has 0 saturated heterocycles. The molecule has 0 radical (unpaired) electrons. The average molecular weight is 328 g/mol.